The van der Waals surface area contributed by atoms with Crippen molar-refractivity contribution in [2.45, 2.75) is 32.4 Å². The summed E-state index contributed by atoms with van der Waals surface area (Å²) in [5, 5.41) is 3.45. The summed E-state index contributed by atoms with van der Waals surface area (Å²) < 4.78 is 10.7. The summed E-state index contributed by atoms with van der Waals surface area (Å²) in [6, 6.07) is 2.49. The maximum absolute atomic E-state index is 5.39. The van der Waals surface area contributed by atoms with Crippen LogP contribution in [0.5, 0.6) is 0 Å². The topological polar surface area (TPSA) is 34.4 Å². The summed E-state index contributed by atoms with van der Waals surface area (Å²) in [6.45, 7) is 4.63. The van der Waals surface area contributed by atoms with E-state index >= 15 is 0 Å². The van der Waals surface area contributed by atoms with Crippen LogP contribution >= 0.6 is 0 Å². The Morgan fingerprint density at radius 3 is 3.14 bits per heavy atom. The van der Waals surface area contributed by atoms with Crippen molar-refractivity contribution in [2.75, 3.05) is 13.2 Å². The second-order valence-corrected chi connectivity index (χ2v) is 3.82. The molecule has 0 bridgehead atoms. The average molecular weight is 195 g/mol. The molecule has 1 aliphatic rings. The van der Waals surface area contributed by atoms with Gasteiger partial charge in [0.25, 0.3) is 0 Å². The molecule has 3 nitrogen and oxygen atoms in total. The third-order valence-corrected chi connectivity index (χ3v) is 2.68. The first kappa shape index (κ1) is 9.74. The molecule has 1 fully saturated rings. The molecular formula is C11H17NO2. The fourth-order valence-electron chi connectivity index (χ4n) is 1.72. The molecule has 1 saturated heterocycles. The zero-order valence-corrected chi connectivity index (χ0v) is 8.58. The van der Waals surface area contributed by atoms with Crippen molar-refractivity contribution in [1.29, 1.82) is 0 Å². The van der Waals surface area contributed by atoms with Gasteiger partial charge in [-0.1, -0.05) is 0 Å². The molecular weight excluding hydrogens is 178 g/mol. The quantitative estimate of drug-likeness (QED) is 0.799. The molecule has 1 aromatic heterocycles. The van der Waals surface area contributed by atoms with Crippen molar-refractivity contribution >= 4 is 0 Å². The minimum Gasteiger partial charge on any atom is -0.468 e. The molecule has 0 radical (unpaired) electrons. The lowest BCUT2D eigenvalue weighted by molar-refractivity contribution is 0.0693. The largest absolute Gasteiger partial charge is 0.468 e. The van der Waals surface area contributed by atoms with Crippen molar-refractivity contribution in [1.82, 2.24) is 5.32 Å². The molecule has 0 spiro atoms. The smallest absolute Gasteiger partial charge is 0.120 e. The molecule has 1 aromatic rings. The average Bonchev–Trinajstić information content (AvgIpc) is 2.63. The molecule has 14 heavy (non-hydrogen) atoms. The molecule has 0 aliphatic carbocycles. The maximum Gasteiger partial charge on any atom is 0.120 e. The van der Waals surface area contributed by atoms with Gasteiger partial charge in [-0.3, -0.25) is 0 Å². The van der Waals surface area contributed by atoms with Gasteiger partial charge in [-0.15, -0.1) is 0 Å². The Morgan fingerprint density at radius 2 is 2.50 bits per heavy atom. The van der Waals surface area contributed by atoms with Crippen LogP contribution in [0, 0.1) is 6.92 Å². The third kappa shape index (κ3) is 2.36. The normalized spacial score (nSPS) is 22.5. The van der Waals surface area contributed by atoms with Crippen LogP contribution in [0.4, 0.5) is 0 Å². The summed E-state index contributed by atoms with van der Waals surface area (Å²) >= 11 is 0. The molecule has 0 aromatic carbocycles. The van der Waals surface area contributed by atoms with Crippen LogP contribution in [0.15, 0.2) is 16.7 Å². The summed E-state index contributed by atoms with van der Waals surface area (Å²) in [5.74, 6) is 1.04. The first-order chi connectivity index (χ1) is 6.86. The Hall–Kier alpha value is -0.800. The summed E-state index contributed by atoms with van der Waals surface area (Å²) in [7, 11) is 0. The Bertz CT molecular complexity index is 277. The lowest BCUT2D eigenvalue weighted by Gasteiger charge is -2.22. The van der Waals surface area contributed by atoms with Gasteiger partial charge in [0.1, 0.15) is 5.76 Å². The number of rotatable bonds is 3. The van der Waals surface area contributed by atoms with Crippen molar-refractivity contribution in [3.8, 4) is 0 Å². The van der Waals surface area contributed by atoms with Crippen LogP contribution in [0.2, 0.25) is 0 Å². The van der Waals surface area contributed by atoms with Crippen LogP contribution in [-0.4, -0.2) is 19.3 Å². The van der Waals surface area contributed by atoms with E-state index in [1.807, 2.05) is 6.07 Å². The zero-order chi connectivity index (χ0) is 9.80. The summed E-state index contributed by atoms with van der Waals surface area (Å²) in [5.41, 5.74) is 1.22. The van der Waals surface area contributed by atoms with Gasteiger partial charge in [-0.2, -0.15) is 0 Å². The highest BCUT2D eigenvalue weighted by Crippen LogP contribution is 2.10. The van der Waals surface area contributed by atoms with Gasteiger partial charge in [0.2, 0.25) is 0 Å². The molecule has 2 rings (SSSR count). The minimum atomic E-state index is 0.494. The van der Waals surface area contributed by atoms with E-state index in [0.717, 1.165) is 31.9 Å². The van der Waals surface area contributed by atoms with E-state index in [-0.39, 0.29) is 0 Å². The van der Waals surface area contributed by atoms with Gasteiger partial charge in [0.15, 0.2) is 0 Å². The van der Waals surface area contributed by atoms with Gasteiger partial charge in [0.05, 0.1) is 19.4 Å². The van der Waals surface area contributed by atoms with Crippen molar-refractivity contribution in [2.24, 2.45) is 0 Å². The number of hydrogen-bond acceptors (Lipinski definition) is 3. The monoisotopic (exact) mass is 195 g/mol. The minimum absolute atomic E-state index is 0.494. The summed E-state index contributed by atoms with van der Waals surface area (Å²) in [4.78, 5) is 0. The second kappa shape index (κ2) is 4.62. The van der Waals surface area contributed by atoms with Crippen LogP contribution in [0.1, 0.15) is 24.2 Å². The summed E-state index contributed by atoms with van der Waals surface area (Å²) in [6.07, 6.45) is 4.11. The molecule has 3 heteroatoms. The predicted octanol–water partition coefficient (Wildman–Crippen LogP) is 1.86. The van der Waals surface area contributed by atoms with Gasteiger partial charge in [0, 0.05) is 12.6 Å². The van der Waals surface area contributed by atoms with E-state index < -0.39 is 0 Å². The van der Waals surface area contributed by atoms with E-state index in [4.69, 9.17) is 9.15 Å². The Labute approximate surface area is 84.4 Å². The molecule has 0 saturated carbocycles. The fourth-order valence-corrected chi connectivity index (χ4v) is 1.72. The third-order valence-electron chi connectivity index (χ3n) is 2.68. The van der Waals surface area contributed by atoms with E-state index in [0.29, 0.717) is 6.04 Å². The first-order valence-corrected chi connectivity index (χ1v) is 5.20. The SMILES string of the molecule is Cc1ccoc1CNC1CCCOC1. The number of ether oxygens (including phenoxy) is 1. The molecule has 2 heterocycles. The Balaban J connectivity index is 1.79. The van der Waals surface area contributed by atoms with Crippen LogP contribution < -0.4 is 5.32 Å². The van der Waals surface area contributed by atoms with Gasteiger partial charge in [-0.25, -0.2) is 0 Å². The van der Waals surface area contributed by atoms with E-state index in [2.05, 4.69) is 12.2 Å². The van der Waals surface area contributed by atoms with Crippen molar-refractivity contribution in [3.05, 3.63) is 23.7 Å². The molecule has 1 aliphatic heterocycles. The molecule has 1 atom stereocenters. The van der Waals surface area contributed by atoms with Crippen molar-refractivity contribution < 1.29 is 9.15 Å². The Kier molecular flexibility index (Phi) is 3.22. The lowest BCUT2D eigenvalue weighted by Crippen LogP contribution is -2.36. The number of furan rings is 1. The highest BCUT2D eigenvalue weighted by molar-refractivity contribution is 5.14. The van der Waals surface area contributed by atoms with E-state index in [9.17, 15) is 0 Å². The standard InChI is InChI=1S/C11H17NO2/c1-9-4-6-14-11(9)7-12-10-3-2-5-13-8-10/h4,6,10,12H,2-3,5,7-8H2,1H3. The van der Waals surface area contributed by atoms with E-state index in [1.54, 1.807) is 6.26 Å². The molecule has 1 unspecified atom stereocenters. The van der Waals surface area contributed by atoms with Gasteiger partial charge < -0.3 is 14.5 Å². The van der Waals surface area contributed by atoms with Crippen LogP contribution in [0.3, 0.4) is 0 Å². The van der Waals surface area contributed by atoms with Crippen molar-refractivity contribution in [3.63, 3.8) is 0 Å². The van der Waals surface area contributed by atoms with Crippen LogP contribution in [0.25, 0.3) is 0 Å². The number of aryl methyl sites for hydroxylation is 1. The van der Waals surface area contributed by atoms with Crippen LogP contribution in [-0.2, 0) is 11.3 Å². The zero-order valence-electron chi connectivity index (χ0n) is 8.58. The highest BCUT2D eigenvalue weighted by atomic mass is 16.5. The molecule has 1 N–H and O–H groups in total. The van der Waals surface area contributed by atoms with E-state index in [1.165, 1.54) is 12.0 Å². The highest BCUT2D eigenvalue weighted by Gasteiger charge is 2.13. The number of hydrogen-bond donors (Lipinski definition) is 1. The maximum atomic E-state index is 5.39. The predicted molar refractivity (Wildman–Crippen MR) is 54.1 cm³/mol. The first-order valence-electron chi connectivity index (χ1n) is 5.20. The molecule has 78 valence electrons. The fraction of sp³-hybridized carbons (Fsp3) is 0.636. The Morgan fingerprint density at radius 1 is 1.57 bits per heavy atom. The van der Waals surface area contributed by atoms with Gasteiger partial charge in [-0.05, 0) is 31.4 Å². The second-order valence-electron chi connectivity index (χ2n) is 3.82. The van der Waals surface area contributed by atoms with Gasteiger partial charge >= 0.3 is 0 Å². The molecule has 0 amide bonds. The number of nitrogens with one attached hydrogen (secondary N) is 1. The lowest BCUT2D eigenvalue weighted by atomic mass is 10.1.